The molecule has 0 aliphatic rings. The highest BCUT2D eigenvalue weighted by molar-refractivity contribution is 7.89. The minimum Gasteiger partial charge on any atom is -0.320 e. The number of nitrogens with zero attached hydrogens (tertiary/aromatic N) is 2. The monoisotopic (exact) mass is 298 g/mol. The van der Waals surface area contributed by atoms with Crippen molar-refractivity contribution in [3.63, 3.8) is 0 Å². The summed E-state index contributed by atoms with van der Waals surface area (Å²) in [6.45, 7) is 1.74. The fourth-order valence-corrected chi connectivity index (χ4v) is 2.34. The molecule has 100 valence electrons. The summed E-state index contributed by atoms with van der Waals surface area (Å²) < 4.78 is 26.1. The number of hydrogen-bond donors (Lipinski definition) is 2. The van der Waals surface area contributed by atoms with Gasteiger partial charge in [-0.25, -0.2) is 13.6 Å². The number of sulfonamides is 1. The van der Waals surface area contributed by atoms with Crippen LogP contribution in [0.4, 0.5) is 5.69 Å². The lowest BCUT2D eigenvalue weighted by atomic mass is 10.2. The maximum Gasteiger partial charge on any atom is 0.277 e. The third-order valence-corrected chi connectivity index (χ3v) is 3.79. The lowest BCUT2D eigenvalue weighted by Crippen LogP contribution is -2.16. The van der Waals surface area contributed by atoms with Crippen molar-refractivity contribution in [3.8, 4) is 0 Å². The lowest BCUT2D eigenvalue weighted by Gasteiger charge is -2.08. The van der Waals surface area contributed by atoms with E-state index in [2.05, 4.69) is 14.9 Å². The Balaban J connectivity index is 2.32. The predicted molar refractivity (Wildman–Crippen MR) is 70.4 cm³/mol. The van der Waals surface area contributed by atoms with Gasteiger partial charge >= 0.3 is 0 Å². The van der Waals surface area contributed by atoms with E-state index in [1.54, 1.807) is 13.0 Å². The third kappa shape index (κ3) is 3.13. The Kier molecular flexibility index (Phi) is 3.60. The van der Waals surface area contributed by atoms with Gasteiger partial charge in [0.05, 0.1) is 4.90 Å². The van der Waals surface area contributed by atoms with Gasteiger partial charge in [-0.05, 0) is 36.2 Å². The number of benzene rings is 1. The van der Waals surface area contributed by atoms with Crippen LogP contribution in [0, 0.1) is 6.92 Å². The molecule has 1 amide bonds. The molecule has 0 aliphatic carbocycles. The summed E-state index contributed by atoms with van der Waals surface area (Å²) >= 11 is 1.05. The topological polar surface area (TPSA) is 115 Å². The molecule has 0 saturated heterocycles. The van der Waals surface area contributed by atoms with Crippen LogP contribution in [0.15, 0.2) is 28.5 Å². The second kappa shape index (κ2) is 5.03. The van der Waals surface area contributed by atoms with Gasteiger partial charge in [0.25, 0.3) is 5.91 Å². The largest absolute Gasteiger partial charge is 0.320 e. The molecular formula is C10H10N4O3S2. The Hall–Kier alpha value is -1.84. The summed E-state index contributed by atoms with van der Waals surface area (Å²) in [6.07, 6.45) is 0. The van der Waals surface area contributed by atoms with Crippen molar-refractivity contribution in [2.75, 3.05) is 5.32 Å². The first-order valence-electron chi connectivity index (χ1n) is 5.10. The minimum absolute atomic E-state index is 0.0650. The summed E-state index contributed by atoms with van der Waals surface area (Å²) in [7, 11) is -3.81. The molecule has 9 heteroatoms. The highest BCUT2D eigenvalue weighted by Gasteiger charge is 2.14. The van der Waals surface area contributed by atoms with E-state index in [-0.39, 0.29) is 10.6 Å². The number of aryl methyl sites for hydroxylation is 1. The van der Waals surface area contributed by atoms with Gasteiger partial charge in [0.1, 0.15) is 0 Å². The van der Waals surface area contributed by atoms with Crippen molar-refractivity contribution >= 4 is 33.2 Å². The summed E-state index contributed by atoms with van der Waals surface area (Å²) in [4.78, 5) is 11.7. The SMILES string of the molecule is Cc1ccc(S(N)(=O)=O)cc1NC(=O)c1csnn1. The number of primary sulfonamides is 1. The first-order chi connectivity index (χ1) is 8.88. The number of rotatable bonds is 3. The van der Waals surface area contributed by atoms with Crippen LogP contribution >= 0.6 is 11.5 Å². The molecule has 7 nitrogen and oxygen atoms in total. The maximum atomic E-state index is 11.8. The summed E-state index contributed by atoms with van der Waals surface area (Å²) in [5.74, 6) is -0.455. The first-order valence-corrected chi connectivity index (χ1v) is 7.48. The van der Waals surface area contributed by atoms with E-state index >= 15 is 0 Å². The highest BCUT2D eigenvalue weighted by Crippen LogP contribution is 2.20. The molecule has 0 spiro atoms. The van der Waals surface area contributed by atoms with Crippen molar-refractivity contribution < 1.29 is 13.2 Å². The summed E-state index contributed by atoms with van der Waals surface area (Å²) in [5.41, 5.74) is 1.25. The van der Waals surface area contributed by atoms with Crippen LogP contribution in [0.5, 0.6) is 0 Å². The van der Waals surface area contributed by atoms with Crippen LogP contribution in [-0.4, -0.2) is 23.9 Å². The van der Waals surface area contributed by atoms with E-state index in [0.29, 0.717) is 11.3 Å². The van der Waals surface area contributed by atoms with Gasteiger partial charge in [0.15, 0.2) is 5.69 Å². The van der Waals surface area contributed by atoms with Crippen molar-refractivity contribution in [2.45, 2.75) is 11.8 Å². The molecule has 0 saturated carbocycles. The van der Waals surface area contributed by atoms with Crippen molar-refractivity contribution in [1.82, 2.24) is 9.59 Å². The number of nitrogens with two attached hydrogens (primary N) is 1. The second-order valence-corrected chi connectivity index (χ2v) is 5.94. The van der Waals surface area contributed by atoms with Gasteiger partial charge in [-0.1, -0.05) is 10.6 Å². The van der Waals surface area contributed by atoms with Gasteiger partial charge in [0, 0.05) is 11.1 Å². The molecular weight excluding hydrogens is 288 g/mol. The zero-order valence-corrected chi connectivity index (χ0v) is 11.5. The average molecular weight is 298 g/mol. The first kappa shape index (κ1) is 13.6. The molecule has 19 heavy (non-hydrogen) atoms. The highest BCUT2D eigenvalue weighted by atomic mass is 32.2. The Morgan fingerprint density at radius 1 is 1.42 bits per heavy atom. The molecule has 0 unspecified atom stereocenters. The predicted octanol–water partition coefficient (Wildman–Crippen LogP) is 0.746. The number of nitrogens with one attached hydrogen (secondary N) is 1. The standard InChI is InChI=1S/C10H10N4O3S2/c1-6-2-3-7(19(11,16)17)4-8(6)12-10(15)9-5-18-14-13-9/h2-5H,1H3,(H,12,15)(H2,11,16,17). The van der Waals surface area contributed by atoms with Gasteiger partial charge in [0.2, 0.25) is 10.0 Å². The summed E-state index contributed by atoms with van der Waals surface area (Å²) in [6, 6.07) is 4.25. The molecule has 2 aromatic rings. The number of aromatic nitrogens is 2. The normalized spacial score (nSPS) is 11.3. The van der Waals surface area contributed by atoms with Gasteiger partial charge in [-0.2, -0.15) is 0 Å². The van der Waals surface area contributed by atoms with Crippen molar-refractivity contribution in [1.29, 1.82) is 0 Å². The molecule has 1 heterocycles. The van der Waals surface area contributed by atoms with E-state index in [9.17, 15) is 13.2 Å². The molecule has 0 bridgehead atoms. The molecule has 0 radical (unpaired) electrons. The van der Waals surface area contributed by atoms with Crippen LogP contribution in [0.25, 0.3) is 0 Å². The van der Waals surface area contributed by atoms with E-state index in [0.717, 1.165) is 11.5 Å². The molecule has 0 atom stereocenters. The maximum absolute atomic E-state index is 11.8. The Bertz CT molecular complexity index is 710. The van der Waals surface area contributed by atoms with E-state index in [1.165, 1.54) is 17.5 Å². The number of carbonyl (C=O) groups is 1. The van der Waals surface area contributed by atoms with E-state index in [1.807, 2.05) is 0 Å². The van der Waals surface area contributed by atoms with Crippen LogP contribution < -0.4 is 10.5 Å². The number of anilines is 1. The van der Waals surface area contributed by atoms with Gasteiger partial charge < -0.3 is 5.32 Å². The third-order valence-electron chi connectivity index (χ3n) is 2.38. The van der Waals surface area contributed by atoms with Crippen LogP contribution in [0.1, 0.15) is 16.1 Å². The Labute approximate surface area is 113 Å². The fraction of sp³-hybridized carbons (Fsp3) is 0.100. The van der Waals surface area contributed by atoms with Crippen LogP contribution in [-0.2, 0) is 10.0 Å². The minimum atomic E-state index is -3.81. The quantitative estimate of drug-likeness (QED) is 0.867. The molecule has 2 rings (SSSR count). The fourth-order valence-electron chi connectivity index (χ4n) is 1.36. The Morgan fingerprint density at radius 2 is 2.16 bits per heavy atom. The van der Waals surface area contributed by atoms with E-state index in [4.69, 9.17) is 5.14 Å². The molecule has 1 aromatic carbocycles. The zero-order valence-electron chi connectivity index (χ0n) is 9.82. The molecule has 0 aliphatic heterocycles. The molecule has 1 aromatic heterocycles. The van der Waals surface area contributed by atoms with Crippen LogP contribution in [0.3, 0.4) is 0 Å². The Morgan fingerprint density at radius 3 is 2.74 bits per heavy atom. The molecule has 0 fully saturated rings. The average Bonchev–Trinajstić information content (AvgIpc) is 2.84. The smallest absolute Gasteiger partial charge is 0.277 e. The second-order valence-electron chi connectivity index (χ2n) is 3.77. The van der Waals surface area contributed by atoms with Crippen molar-refractivity contribution in [3.05, 3.63) is 34.8 Å². The van der Waals surface area contributed by atoms with Crippen LogP contribution in [0.2, 0.25) is 0 Å². The number of hydrogen-bond acceptors (Lipinski definition) is 6. The van der Waals surface area contributed by atoms with Crippen molar-refractivity contribution in [2.24, 2.45) is 5.14 Å². The van der Waals surface area contributed by atoms with Gasteiger partial charge in [-0.3, -0.25) is 4.79 Å². The summed E-state index contributed by atoms with van der Waals surface area (Å²) in [5, 5.41) is 12.7. The van der Waals surface area contributed by atoms with E-state index < -0.39 is 15.9 Å². The number of carbonyl (C=O) groups excluding carboxylic acids is 1. The van der Waals surface area contributed by atoms with Gasteiger partial charge in [-0.15, -0.1) is 5.10 Å². The lowest BCUT2D eigenvalue weighted by molar-refractivity contribution is 0.102. The molecule has 3 N–H and O–H groups in total. The number of amides is 1. The zero-order chi connectivity index (χ0) is 14.0.